The summed E-state index contributed by atoms with van der Waals surface area (Å²) in [6.45, 7) is 0. The van der Waals surface area contributed by atoms with Gasteiger partial charge in [0.2, 0.25) is 0 Å². The van der Waals surface area contributed by atoms with Crippen molar-refractivity contribution in [3.63, 3.8) is 0 Å². The van der Waals surface area contributed by atoms with Gasteiger partial charge in [-0.3, -0.25) is 0 Å². The van der Waals surface area contributed by atoms with Crippen molar-refractivity contribution in [1.82, 2.24) is 9.55 Å². The van der Waals surface area contributed by atoms with E-state index in [-0.39, 0.29) is 0 Å². The molecule has 3 aromatic heterocycles. The zero-order valence-corrected chi connectivity index (χ0v) is 26.0. The molecule has 48 heavy (non-hydrogen) atoms. The minimum absolute atomic E-state index is 0.814. The average Bonchev–Trinajstić information content (AvgIpc) is 3.69. The molecule has 0 aliphatic carbocycles. The first kappa shape index (κ1) is 26.7. The van der Waals surface area contributed by atoms with Crippen LogP contribution in [0.1, 0.15) is 0 Å². The topological polar surface area (TPSA) is 31.0 Å². The summed E-state index contributed by atoms with van der Waals surface area (Å²) in [7, 11) is 0. The fourth-order valence-corrected chi connectivity index (χ4v) is 7.35. The highest BCUT2D eigenvalue weighted by Crippen LogP contribution is 2.42. The van der Waals surface area contributed by atoms with Crippen molar-refractivity contribution in [3.05, 3.63) is 170 Å². The van der Waals surface area contributed by atoms with Gasteiger partial charge in [0.1, 0.15) is 11.1 Å². The van der Waals surface area contributed by atoms with E-state index in [1.54, 1.807) is 0 Å². The molecule has 0 bridgehead atoms. The Labute approximate surface area is 277 Å². The second-order valence-corrected chi connectivity index (χ2v) is 12.4. The van der Waals surface area contributed by atoms with Crippen LogP contribution in [-0.2, 0) is 0 Å². The van der Waals surface area contributed by atoms with Crippen LogP contribution >= 0.6 is 0 Å². The van der Waals surface area contributed by atoms with Crippen LogP contribution in [0.4, 0.5) is 0 Å². The summed E-state index contributed by atoms with van der Waals surface area (Å²) in [5.74, 6) is 0. The van der Waals surface area contributed by atoms with Crippen molar-refractivity contribution in [2.24, 2.45) is 0 Å². The average molecular weight is 613 g/mol. The number of para-hydroxylation sites is 2. The van der Waals surface area contributed by atoms with E-state index in [1.165, 1.54) is 44.1 Å². The Hall–Kier alpha value is -6.45. The Kier molecular flexibility index (Phi) is 5.87. The Balaban J connectivity index is 1.24. The molecule has 0 unspecified atom stereocenters. The normalized spacial score (nSPS) is 11.8. The van der Waals surface area contributed by atoms with Crippen LogP contribution in [-0.4, -0.2) is 9.55 Å². The molecule has 0 spiro atoms. The molecule has 0 amide bonds. The fraction of sp³-hybridized carbons (Fsp3) is 0. The van der Waals surface area contributed by atoms with E-state index in [0.717, 1.165) is 49.8 Å². The lowest BCUT2D eigenvalue weighted by Gasteiger charge is -2.12. The number of fused-ring (bicyclic) bond motifs is 7. The van der Waals surface area contributed by atoms with Crippen LogP contribution < -0.4 is 0 Å². The van der Waals surface area contributed by atoms with Gasteiger partial charge in [0, 0.05) is 32.8 Å². The molecule has 0 aliphatic rings. The highest BCUT2D eigenvalue weighted by molar-refractivity contribution is 6.15. The highest BCUT2D eigenvalue weighted by atomic mass is 16.3. The quantitative estimate of drug-likeness (QED) is 0.198. The number of pyridine rings is 1. The van der Waals surface area contributed by atoms with Crippen LogP contribution in [0.25, 0.3) is 93.8 Å². The van der Waals surface area contributed by atoms with Crippen LogP contribution in [0.2, 0.25) is 0 Å². The molecule has 3 nitrogen and oxygen atoms in total. The number of furan rings is 1. The number of benzene rings is 7. The van der Waals surface area contributed by atoms with Crippen LogP contribution in [0, 0.1) is 0 Å². The summed E-state index contributed by atoms with van der Waals surface area (Å²) in [5.41, 5.74) is 13.9. The van der Waals surface area contributed by atoms with E-state index in [2.05, 4.69) is 156 Å². The first-order chi connectivity index (χ1) is 23.8. The lowest BCUT2D eigenvalue weighted by atomic mass is 9.99. The number of aromatic nitrogens is 2. The molecule has 10 aromatic rings. The predicted molar refractivity (Wildman–Crippen MR) is 200 cm³/mol. The molecular weight excluding hydrogens is 585 g/mol. The highest BCUT2D eigenvalue weighted by Gasteiger charge is 2.19. The lowest BCUT2D eigenvalue weighted by Crippen LogP contribution is -1.95. The third-order valence-electron chi connectivity index (χ3n) is 9.57. The van der Waals surface area contributed by atoms with Crippen molar-refractivity contribution in [2.45, 2.75) is 0 Å². The number of nitrogens with zero attached hydrogens (tertiary/aromatic N) is 2. The van der Waals surface area contributed by atoms with Crippen LogP contribution in [0.3, 0.4) is 0 Å². The van der Waals surface area contributed by atoms with Crippen molar-refractivity contribution in [3.8, 4) is 39.1 Å². The van der Waals surface area contributed by atoms with Gasteiger partial charge in [-0.2, -0.15) is 0 Å². The Morgan fingerprint density at radius 2 is 1.00 bits per heavy atom. The molecule has 0 radical (unpaired) electrons. The van der Waals surface area contributed by atoms with E-state index < -0.39 is 0 Å². The Morgan fingerprint density at radius 3 is 1.69 bits per heavy atom. The number of rotatable bonds is 4. The van der Waals surface area contributed by atoms with Crippen molar-refractivity contribution in [1.29, 1.82) is 0 Å². The third kappa shape index (κ3) is 4.11. The van der Waals surface area contributed by atoms with Gasteiger partial charge >= 0.3 is 0 Å². The molecule has 0 saturated heterocycles. The molecule has 7 aromatic carbocycles. The van der Waals surface area contributed by atoms with Gasteiger partial charge in [-0.25, -0.2) is 4.98 Å². The second kappa shape index (κ2) is 10.5. The SMILES string of the molecule is c1ccc(-c2ccc3c(c2)c2cc(-c4ccccc4)ccc2n3-c2cccc(-c3c4ccccc4nc4c3oc3ccccc34)c2)cc1. The predicted octanol–water partition coefficient (Wildman–Crippen LogP) is 12.2. The zero-order chi connectivity index (χ0) is 31.6. The van der Waals surface area contributed by atoms with Crippen LogP contribution in [0.15, 0.2) is 174 Å². The van der Waals surface area contributed by atoms with E-state index >= 15 is 0 Å². The fourth-order valence-electron chi connectivity index (χ4n) is 7.35. The van der Waals surface area contributed by atoms with E-state index in [0.29, 0.717) is 0 Å². The summed E-state index contributed by atoms with van der Waals surface area (Å²) < 4.78 is 8.96. The first-order valence-corrected chi connectivity index (χ1v) is 16.3. The van der Waals surface area contributed by atoms with E-state index in [9.17, 15) is 0 Å². The molecule has 10 rings (SSSR count). The lowest BCUT2D eigenvalue weighted by molar-refractivity contribution is 0.670. The van der Waals surface area contributed by atoms with E-state index in [4.69, 9.17) is 9.40 Å². The zero-order valence-electron chi connectivity index (χ0n) is 26.0. The molecule has 3 heterocycles. The van der Waals surface area contributed by atoms with Gasteiger partial charge in [-0.1, -0.05) is 115 Å². The van der Waals surface area contributed by atoms with Gasteiger partial charge < -0.3 is 8.98 Å². The molecule has 0 N–H and O–H groups in total. The van der Waals surface area contributed by atoms with Crippen molar-refractivity contribution >= 4 is 54.8 Å². The van der Waals surface area contributed by atoms with Gasteiger partial charge in [0.05, 0.1) is 16.6 Å². The molecular formula is C45H28N2O. The standard InChI is InChI=1S/C45H28N2O/c1-3-12-29(13-4-1)31-22-24-40-37(27-31)38-28-32(30-14-5-2-6-15-30)23-25-41(38)47(40)34-17-11-16-33(26-34)43-35-18-7-9-20-39(35)46-44-36-19-8-10-21-42(36)48-45(43)44/h1-28H. The van der Waals surface area contributed by atoms with Gasteiger partial charge in [0.25, 0.3) is 0 Å². The van der Waals surface area contributed by atoms with Gasteiger partial charge in [-0.05, 0) is 82.4 Å². The van der Waals surface area contributed by atoms with Crippen molar-refractivity contribution in [2.75, 3.05) is 0 Å². The summed E-state index contributed by atoms with van der Waals surface area (Å²) in [4.78, 5) is 5.07. The number of hydrogen-bond acceptors (Lipinski definition) is 2. The maximum atomic E-state index is 6.56. The monoisotopic (exact) mass is 612 g/mol. The van der Waals surface area contributed by atoms with Gasteiger partial charge in [-0.15, -0.1) is 0 Å². The molecule has 0 aliphatic heterocycles. The molecule has 0 saturated carbocycles. The minimum Gasteiger partial charge on any atom is -0.454 e. The molecule has 224 valence electrons. The molecule has 0 atom stereocenters. The maximum absolute atomic E-state index is 6.56. The Bertz CT molecular complexity index is 2730. The second-order valence-electron chi connectivity index (χ2n) is 12.4. The Morgan fingerprint density at radius 1 is 0.417 bits per heavy atom. The van der Waals surface area contributed by atoms with Gasteiger partial charge in [0.15, 0.2) is 5.58 Å². The minimum atomic E-state index is 0.814. The number of hydrogen-bond donors (Lipinski definition) is 0. The van der Waals surface area contributed by atoms with Crippen molar-refractivity contribution < 1.29 is 4.42 Å². The summed E-state index contributed by atoms with van der Waals surface area (Å²) >= 11 is 0. The molecule has 3 heteroatoms. The smallest absolute Gasteiger partial charge is 0.162 e. The summed E-state index contributed by atoms with van der Waals surface area (Å²) in [5, 5.41) is 4.55. The van der Waals surface area contributed by atoms with Crippen LogP contribution in [0.5, 0.6) is 0 Å². The summed E-state index contributed by atoms with van der Waals surface area (Å²) in [6, 6.07) is 60.3. The maximum Gasteiger partial charge on any atom is 0.162 e. The largest absolute Gasteiger partial charge is 0.454 e. The first-order valence-electron chi connectivity index (χ1n) is 16.3. The van der Waals surface area contributed by atoms with E-state index in [1.807, 2.05) is 18.2 Å². The molecule has 0 fully saturated rings. The third-order valence-corrected chi connectivity index (χ3v) is 9.57. The summed E-state index contributed by atoms with van der Waals surface area (Å²) in [6.07, 6.45) is 0.